The van der Waals surface area contributed by atoms with E-state index in [2.05, 4.69) is 6.92 Å². The average Bonchev–Trinajstić information content (AvgIpc) is 2.58. The van der Waals surface area contributed by atoms with Crippen LogP contribution in [0.15, 0.2) is 0 Å². The van der Waals surface area contributed by atoms with Gasteiger partial charge < -0.3 is 10.2 Å². The van der Waals surface area contributed by atoms with Gasteiger partial charge in [0.1, 0.15) is 6.10 Å². The monoisotopic (exact) mass is 342 g/mol. The van der Waals surface area contributed by atoms with Gasteiger partial charge in [-0.3, -0.25) is 4.79 Å². The van der Waals surface area contributed by atoms with Crippen molar-refractivity contribution in [1.29, 1.82) is 0 Å². The molecule has 2 atom stereocenters. The fraction of sp³-hybridized carbons (Fsp3) is 0.952. The molecule has 2 unspecified atom stereocenters. The SMILES string of the molecule is CCCCCCCCCCCCCCCCC(CO)C(=O)C(C)O. The first-order valence-corrected chi connectivity index (χ1v) is 10.5. The fourth-order valence-corrected chi connectivity index (χ4v) is 3.25. The van der Waals surface area contributed by atoms with Gasteiger partial charge >= 0.3 is 0 Å². The molecule has 0 aromatic rings. The summed E-state index contributed by atoms with van der Waals surface area (Å²) in [5, 5.41) is 18.5. The predicted molar refractivity (Wildman–Crippen MR) is 102 cm³/mol. The third-order valence-electron chi connectivity index (χ3n) is 4.94. The van der Waals surface area contributed by atoms with E-state index in [4.69, 9.17) is 0 Å². The molecule has 0 aromatic carbocycles. The molecule has 3 heteroatoms. The zero-order chi connectivity index (χ0) is 18.0. The summed E-state index contributed by atoms with van der Waals surface area (Å²) in [7, 11) is 0. The van der Waals surface area contributed by atoms with E-state index in [0.717, 1.165) is 12.8 Å². The molecule has 0 radical (unpaired) electrons. The van der Waals surface area contributed by atoms with Crippen LogP contribution in [0.5, 0.6) is 0 Å². The van der Waals surface area contributed by atoms with E-state index in [1.807, 2.05) is 0 Å². The van der Waals surface area contributed by atoms with Gasteiger partial charge in [0.25, 0.3) is 0 Å². The first-order chi connectivity index (χ1) is 11.6. The Hall–Kier alpha value is -0.410. The lowest BCUT2D eigenvalue weighted by molar-refractivity contribution is -0.131. The lowest BCUT2D eigenvalue weighted by Gasteiger charge is -2.14. The van der Waals surface area contributed by atoms with Crippen molar-refractivity contribution in [3.8, 4) is 0 Å². The quantitative estimate of drug-likeness (QED) is 0.327. The summed E-state index contributed by atoms with van der Waals surface area (Å²) in [4.78, 5) is 11.6. The lowest BCUT2D eigenvalue weighted by Crippen LogP contribution is -2.28. The molecule has 0 saturated heterocycles. The van der Waals surface area contributed by atoms with Crippen molar-refractivity contribution in [3.05, 3.63) is 0 Å². The van der Waals surface area contributed by atoms with Crippen LogP contribution in [0.4, 0.5) is 0 Å². The summed E-state index contributed by atoms with van der Waals surface area (Å²) in [5.74, 6) is -0.588. The van der Waals surface area contributed by atoms with Gasteiger partial charge in [-0.05, 0) is 13.3 Å². The minimum atomic E-state index is -0.950. The molecule has 0 saturated carbocycles. The molecule has 0 amide bonds. The smallest absolute Gasteiger partial charge is 0.166 e. The van der Waals surface area contributed by atoms with E-state index in [9.17, 15) is 15.0 Å². The summed E-state index contributed by atoms with van der Waals surface area (Å²) in [6, 6.07) is 0. The summed E-state index contributed by atoms with van der Waals surface area (Å²) in [5.41, 5.74) is 0. The van der Waals surface area contributed by atoms with E-state index in [1.54, 1.807) is 0 Å². The summed E-state index contributed by atoms with van der Waals surface area (Å²) in [6.45, 7) is 3.61. The highest BCUT2D eigenvalue weighted by atomic mass is 16.3. The molecule has 0 bridgehead atoms. The molecule has 0 aliphatic carbocycles. The standard InChI is InChI=1S/C21H42O3/c1-3-4-5-6-7-8-9-10-11-12-13-14-15-16-17-20(18-22)21(24)19(2)23/h19-20,22-23H,3-18H2,1-2H3. The Morgan fingerprint density at radius 2 is 1.12 bits per heavy atom. The number of ketones is 1. The van der Waals surface area contributed by atoms with Crippen LogP contribution in [0, 0.1) is 5.92 Å². The van der Waals surface area contributed by atoms with Gasteiger partial charge in [0, 0.05) is 5.92 Å². The molecule has 24 heavy (non-hydrogen) atoms. The molecule has 0 heterocycles. The van der Waals surface area contributed by atoms with Crippen LogP contribution < -0.4 is 0 Å². The molecule has 0 spiro atoms. The molecule has 0 fully saturated rings. The van der Waals surface area contributed by atoms with Gasteiger partial charge in [0.15, 0.2) is 5.78 Å². The average molecular weight is 343 g/mol. The highest BCUT2D eigenvalue weighted by Gasteiger charge is 2.20. The zero-order valence-corrected chi connectivity index (χ0v) is 16.3. The van der Waals surface area contributed by atoms with Gasteiger partial charge in [-0.25, -0.2) is 0 Å². The molecule has 0 aromatic heterocycles. The summed E-state index contributed by atoms with van der Waals surface area (Å²) < 4.78 is 0. The number of unbranched alkanes of at least 4 members (excludes halogenated alkanes) is 13. The van der Waals surface area contributed by atoms with Gasteiger partial charge in [0.05, 0.1) is 6.61 Å². The first-order valence-electron chi connectivity index (χ1n) is 10.5. The van der Waals surface area contributed by atoms with Crippen LogP contribution in [0.2, 0.25) is 0 Å². The van der Waals surface area contributed by atoms with E-state index >= 15 is 0 Å². The minimum absolute atomic E-state index is 0.137. The lowest BCUT2D eigenvalue weighted by atomic mass is 9.94. The number of aliphatic hydroxyl groups excluding tert-OH is 2. The molecular formula is C21H42O3. The van der Waals surface area contributed by atoms with Crippen molar-refractivity contribution < 1.29 is 15.0 Å². The Morgan fingerprint density at radius 3 is 1.46 bits per heavy atom. The van der Waals surface area contributed by atoms with Crippen molar-refractivity contribution in [2.24, 2.45) is 5.92 Å². The maximum atomic E-state index is 11.6. The highest BCUT2D eigenvalue weighted by Crippen LogP contribution is 2.16. The van der Waals surface area contributed by atoms with Crippen molar-refractivity contribution >= 4 is 5.78 Å². The molecule has 2 N–H and O–H groups in total. The van der Waals surface area contributed by atoms with Gasteiger partial charge in [-0.1, -0.05) is 96.8 Å². The fourth-order valence-electron chi connectivity index (χ4n) is 3.25. The number of aliphatic hydroxyl groups is 2. The van der Waals surface area contributed by atoms with Crippen LogP contribution in [-0.2, 0) is 4.79 Å². The Kier molecular flexibility index (Phi) is 17.1. The second-order valence-electron chi connectivity index (χ2n) is 7.34. The van der Waals surface area contributed by atoms with Crippen molar-refractivity contribution in [2.45, 2.75) is 116 Å². The molecular weight excluding hydrogens is 300 g/mol. The zero-order valence-electron chi connectivity index (χ0n) is 16.3. The Labute approximate surface area is 150 Å². The van der Waals surface area contributed by atoms with Crippen molar-refractivity contribution in [3.63, 3.8) is 0 Å². The van der Waals surface area contributed by atoms with E-state index in [-0.39, 0.29) is 18.3 Å². The first kappa shape index (κ1) is 23.6. The third-order valence-corrected chi connectivity index (χ3v) is 4.94. The summed E-state index contributed by atoms with van der Waals surface area (Å²) in [6.07, 6.45) is 18.2. The van der Waals surface area contributed by atoms with E-state index in [0.29, 0.717) is 6.42 Å². The van der Waals surface area contributed by atoms with Gasteiger partial charge in [0.2, 0.25) is 0 Å². The Balaban J connectivity index is 3.29. The summed E-state index contributed by atoms with van der Waals surface area (Å²) >= 11 is 0. The topological polar surface area (TPSA) is 57.5 Å². The predicted octanol–water partition coefficient (Wildman–Crippen LogP) is 5.42. The molecule has 0 rings (SSSR count). The molecule has 144 valence electrons. The highest BCUT2D eigenvalue weighted by molar-refractivity contribution is 5.84. The largest absolute Gasteiger partial charge is 0.396 e. The number of hydrogen-bond acceptors (Lipinski definition) is 3. The number of Topliss-reactive ketones (excluding diaryl/α,β-unsaturated/α-hetero) is 1. The van der Waals surface area contributed by atoms with Crippen molar-refractivity contribution in [2.75, 3.05) is 6.61 Å². The van der Waals surface area contributed by atoms with Crippen LogP contribution in [-0.4, -0.2) is 28.7 Å². The van der Waals surface area contributed by atoms with E-state index < -0.39 is 6.10 Å². The number of carbonyl (C=O) groups is 1. The van der Waals surface area contributed by atoms with Gasteiger partial charge in [-0.2, -0.15) is 0 Å². The van der Waals surface area contributed by atoms with Crippen LogP contribution in [0.25, 0.3) is 0 Å². The molecule has 3 nitrogen and oxygen atoms in total. The van der Waals surface area contributed by atoms with Gasteiger partial charge in [-0.15, -0.1) is 0 Å². The maximum absolute atomic E-state index is 11.6. The number of hydrogen-bond donors (Lipinski definition) is 2. The second kappa shape index (κ2) is 17.4. The molecule has 0 aliphatic rings. The minimum Gasteiger partial charge on any atom is -0.396 e. The van der Waals surface area contributed by atoms with Crippen molar-refractivity contribution in [1.82, 2.24) is 0 Å². The van der Waals surface area contributed by atoms with Crippen LogP contribution >= 0.6 is 0 Å². The molecule has 0 aliphatic heterocycles. The number of rotatable bonds is 18. The van der Waals surface area contributed by atoms with Crippen LogP contribution in [0.3, 0.4) is 0 Å². The van der Waals surface area contributed by atoms with Crippen LogP contribution in [0.1, 0.15) is 110 Å². The third kappa shape index (κ3) is 14.0. The number of carbonyl (C=O) groups excluding carboxylic acids is 1. The second-order valence-corrected chi connectivity index (χ2v) is 7.34. The Bertz CT molecular complexity index is 276. The normalized spacial score (nSPS) is 13.8. The maximum Gasteiger partial charge on any atom is 0.166 e. The Morgan fingerprint density at radius 1 is 0.750 bits per heavy atom. The van der Waals surface area contributed by atoms with E-state index in [1.165, 1.54) is 84.0 Å².